The van der Waals surface area contributed by atoms with Crippen LogP contribution >= 0.6 is 0 Å². The van der Waals surface area contributed by atoms with Crippen molar-refractivity contribution >= 4 is 10.8 Å². The van der Waals surface area contributed by atoms with E-state index in [2.05, 4.69) is 59.9 Å². The summed E-state index contributed by atoms with van der Waals surface area (Å²) >= 11 is 0. The van der Waals surface area contributed by atoms with E-state index in [-0.39, 0.29) is 12.4 Å². The van der Waals surface area contributed by atoms with Gasteiger partial charge in [0.25, 0.3) is 0 Å². The van der Waals surface area contributed by atoms with Crippen molar-refractivity contribution in [2.75, 3.05) is 13.2 Å². The molecule has 25 heavy (non-hydrogen) atoms. The quantitative estimate of drug-likeness (QED) is 0.749. The Morgan fingerprint density at radius 1 is 0.880 bits per heavy atom. The standard InChI is InChI=1S/C22H23NO2/c1-2-8-18(9-3-1)22-24-14-13-20(25-22)16-23-15-19-11-6-10-17-7-4-5-12-21(17)19/h1-12,20,22-23H,13-16H2/t20?,22-/m1/s1. The molecule has 2 atom stereocenters. The second-order valence-electron chi connectivity index (χ2n) is 6.43. The van der Waals surface area contributed by atoms with E-state index in [0.29, 0.717) is 0 Å². The molecule has 3 heteroatoms. The van der Waals surface area contributed by atoms with Crippen molar-refractivity contribution < 1.29 is 9.47 Å². The van der Waals surface area contributed by atoms with Crippen molar-refractivity contribution in [1.29, 1.82) is 0 Å². The van der Waals surface area contributed by atoms with Crippen LogP contribution in [0.4, 0.5) is 0 Å². The average Bonchev–Trinajstić information content (AvgIpc) is 2.69. The van der Waals surface area contributed by atoms with Gasteiger partial charge in [0.1, 0.15) is 0 Å². The van der Waals surface area contributed by atoms with Crippen LogP contribution in [0.5, 0.6) is 0 Å². The summed E-state index contributed by atoms with van der Waals surface area (Å²) in [5.41, 5.74) is 2.41. The minimum absolute atomic E-state index is 0.175. The zero-order valence-corrected chi connectivity index (χ0v) is 14.2. The number of hydrogen-bond donors (Lipinski definition) is 1. The Bertz CT molecular complexity index is 813. The fourth-order valence-electron chi connectivity index (χ4n) is 3.34. The van der Waals surface area contributed by atoms with Crippen LogP contribution in [0.15, 0.2) is 72.8 Å². The molecule has 0 spiro atoms. The van der Waals surface area contributed by atoms with Gasteiger partial charge in [-0.05, 0) is 22.8 Å². The third-order valence-electron chi connectivity index (χ3n) is 4.66. The normalized spacial score (nSPS) is 20.6. The first kappa shape index (κ1) is 16.3. The highest BCUT2D eigenvalue weighted by Crippen LogP contribution is 2.26. The Balaban J connectivity index is 1.35. The molecule has 0 aliphatic carbocycles. The lowest BCUT2D eigenvalue weighted by atomic mass is 10.0. The smallest absolute Gasteiger partial charge is 0.184 e. The molecule has 0 bridgehead atoms. The molecule has 1 aliphatic heterocycles. The third kappa shape index (κ3) is 3.90. The minimum atomic E-state index is -0.251. The maximum atomic E-state index is 6.11. The molecule has 3 aromatic rings. The molecule has 4 rings (SSSR count). The van der Waals surface area contributed by atoms with Crippen molar-refractivity contribution in [1.82, 2.24) is 5.32 Å². The first-order valence-corrected chi connectivity index (χ1v) is 8.89. The lowest BCUT2D eigenvalue weighted by Gasteiger charge is -2.30. The predicted molar refractivity (Wildman–Crippen MR) is 100 cm³/mol. The van der Waals surface area contributed by atoms with Crippen LogP contribution in [0.3, 0.4) is 0 Å². The Labute approximate surface area is 148 Å². The van der Waals surface area contributed by atoms with E-state index in [4.69, 9.17) is 9.47 Å². The highest BCUT2D eigenvalue weighted by atomic mass is 16.7. The first-order chi connectivity index (χ1) is 12.4. The van der Waals surface area contributed by atoms with E-state index in [9.17, 15) is 0 Å². The summed E-state index contributed by atoms with van der Waals surface area (Å²) in [5.74, 6) is 0. The molecule has 3 aromatic carbocycles. The number of benzene rings is 3. The predicted octanol–water partition coefficient (Wildman–Crippen LogP) is 4.43. The van der Waals surface area contributed by atoms with E-state index in [1.807, 2.05) is 18.2 Å². The zero-order valence-electron chi connectivity index (χ0n) is 14.2. The molecule has 1 aliphatic rings. The monoisotopic (exact) mass is 333 g/mol. The second kappa shape index (κ2) is 7.79. The number of nitrogens with one attached hydrogen (secondary N) is 1. The largest absolute Gasteiger partial charge is 0.348 e. The fourth-order valence-corrected chi connectivity index (χ4v) is 3.34. The second-order valence-corrected chi connectivity index (χ2v) is 6.43. The summed E-state index contributed by atoms with van der Waals surface area (Å²) in [6.07, 6.45) is 0.847. The van der Waals surface area contributed by atoms with Gasteiger partial charge in [0, 0.05) is 18.7 Å². The Morgan fingerprint density at radius 3 is 2.60 bits per heavy atom. The minimum Gasteiger partial charge on any atom is -0.348 e. The van der Waals surface area contributed by atoms with Crippen LogP contribution in [0.1, 0.15) is 23.8 Å². The van der Waals surface area contributed by atoms with E-state index in [0.717, 1.165) is 31.7 Å². The molecule has 0 aromatic heterocycles. The van der Waals surface area contributed by atoms with Gasteiger partial charge in [0.2, 0.25) is 0 Å². The summed E-state index contributed by atoms with van der Waals surface area (Å²) < 4.78 is 11.9. The van der Waals surface area contributed by atoms with E-state index in [1.54, 1.807) is 0 Å². The molecule has 128 valence electrons. The van der Waals surface area contributed by atoms with Crippen molar-refractivity contribution in [2.24, 2.45) is 0 Å². The van der Waals surface area contributed by atoms with Crippen LogP contribution < -0.4 is 5.32 Å². The molecule has 1 heterocycles. The molecular formula is C22H23NO2. The topological polar surface area (TPSA) is 30.5 Å². The van der Waals surface area contributed by atoms with Gasteiger partial charge in [-0.3, -0.25) is 0 Å². The SMILES string of the molecule is c1ccc([C@@H]2OCCC(CNCc3cccc4ccccc34)O2)cc1. The average molecular weight is 333 g/mol. The highest BCUT2D eigenvalue weighted by molar-refractivity contribution is 5.85. The number of ether oxygens (including phenoxy) is 2. The third-order valence-corrected chi connectivity index (χ3v) is 4.66. The highest BCUT2D eigenvalue weighted by Gasteiger charge is 2.23. The summed E-state index contributed by atoms with van der Waals surface area (Å²) in [7, 11) is 0. The van der Waals surface area contributed by atoms with Crippen LogP contribution in [0, 0.1) is 0 Å². The molecule has 1 unspecified atom stereocenters. The molecule has 0 amide bonds. The van der Waals surface area contributed by atoms with Crippen molar-refractivity contribution in [3.8, 4) is 0 Å². The van der Waals surface area contributed by atoms with Gasteiger partial charge >= 0.3 is 0 Å². The van der Waals surface area contributed by atoms with Gasteiger partial charge in [-0.25, -0.2) is 0 Å². The van der Waals surface area contributed by atoms with Crippen molar-refractivity contribution in [3.05, 3.63) is 83.9 Å². The maximum absolute atomic E-state index is 6.11. The lowest BCUT2D eigenvalue weighted by Crippen LogP contribution is -2.35. The van der Waals surface area contributed by atoms with Crippen molar-refractivity contribution in [2.45, 2.75) is 25.4 Å². The first-order valence-electron chi connectivity index (χ1n) is 8.89. The molecule has 0 saturated carbocycles. The molecule has 0 radical (unpaired) electrons. The van der Waals surface area contributed by atoms with Gasteiger partial charge in [-0.2, -0.15) is 0 Å². The van der Waals surface area contributed by atoms with E-state index < -0.39 is 0 Å². The maximum Gasteiger partial charge on any atom is 0.184 e. The number of hydrogen-bond acceptors (Lipinski definition) is 3. The van der Waals surface area contributed by atoms with E-state index >= 15 is 0 Å². The summed E-state index contributed by atoms with van der Waals surface area (Å²) in [4.78, 5) is 0. The zero-order chi connectivity index (χ0) is 16.9. The number of rotatable bonds is 5. The summed E-state index contributed by atoms with van der Waals surface area (Å²) in [5, 5.41) is 6.15. The van der Waals surface area contributed by atoms with Gasteiger partial charge in [0.05, 0.1) is 12.7 Å². The van der Waals surface area contributed by atoms with Gasteiger partial charge in [0.15, 0.2) is 6.29 Å². The van der Waals surface area contributed by atoms with Gasteiger partial charge in [-0.15, -0.1) is 0 Å². The van der Waals surface area contributed by atoms with Crippen LogP contribution in [0.25, 0.3) is 10.8 Å². The van der Waals surface area contributed by atoms with Crippen LogP contribution in [-0.4, -0.2) is 19.3 Å². The van der Waals surface area contributed by atoms with E-state index in [1.165, 1.54) is 16.3 Å². The molecule has 1 fully saturated rings. The lowest BCUT2D eigenvalue weighted by molar-refractivity contribution is -0.215. The Morgan fingerprint density at radius 2 is 1.68 bits per heavy atom. The van der Waals surface area contributed by atoms with Crippen LogP contribution in [0.2, 0.25) is 0 Å². The molecule has 1 N–H and O–H groups in total. The Hall–Kier alpha value is -2.20. The Kier molecular flexibility index (Phi) is 5.07. The summed E-state index contributed by atoms with van der Waals surface area (Å²) in [6.45, 7) is 2.41. The van der Waals surface area contributed by atoms with Crippen LogP contribution in [-0.2, 0) is 16.0 Å². The summed E-state index contributed by atoms with van der Waals surface area (Å²) in [6, 6.07) is 25.1. The molecule has 3 nitrogen and oxygen atoms in total. The number of fused-ring (bicyclic) bond motifs is 1. The molecule has 1 saturated heterocycles. The van der Waals surface area contributed by atoms with Crippen molar-refractivity contribution in [3.63, 3.8) is 0 Å². The molecular weight excluding hydrogens is 310 g/mol. The van der Waals surface area contributed by atoms with Gasteiger partial charge in [-0.1, -0.05) is 72.8 Å². The van der Waals surface area contributed by atoms with Gasteiger partial charge < -0.3 is 14.8 Å². The fraction of sp³-hybridized carbons (Fsp3) is 0.273.